The number of hydrogen-bond acceptors (Lipinski definition) is 2. The average Bonchev–Trinajstić information content (AvgIpc) is 2.21. The van der Waals surface area contributed by atoms with Gasteiger partial charge < -0.3 is 10.7 Å². The van der Waals surface area contributed by atoms with Crippen LogP contribution in [0.1, 0.15) is 5.69 Å². The van der Waals surface area contributed by atoms with Gasteiger partial charge in [0.2, 0.25) is 0 Å². The van der Waals surface area contributed by atoms with Gasteiger partial charge in [0.05, 0.1) is 15.2 Å². The number of hydrogen-bond donors (Lipinski definition) is 2. The van der Waals surface area contributed by atoms with Crippen LogP contribution in [-0.2, 0) is 0 Å². The molecule has 0 atom stereocenters. The highest BCUT2D eigenvalue weighted by Crippen LogP contribution is 2.27. The summed E-state index contributed by atoms with van der Waals surface area (Å²) in [5, 5.41) is 0.876. The van der Waals surface area contributed by atoms with Crippen LogP contribution in [0.25, 0.3) is 10.2 Å². The summed E-state index contributed by atoms with van der Waals surface area (Å²) in [4.78, 5) is 3.21. The lowest BCUT2D eigenvalue weighted by Gasteiger charge is -1.78. The quantitative estimate of drug-likeness (QED) is 0.596. The first-order valence-electron chi connectivity index (χ1n) is 3.10. The second-order valence-corrected chi connectivity index (χ2v) is 3.49. The molecule has 0 saturated carbocycles. The molecule has 0 bridgehead atoms. The lowest BCUT2D eigenvalue weighted by molar-refractivity contribution is 1.30. The highest BCUT2D eigenvalue weighted by Gasteiger charge is 1.99. The molecule has 0 radical (unpaired) electrons. The van der Waals surface area contributed by atoms with Gasteiger partial charge in [-0.2, -0.15) is 0 Å². The lowest BCUT2D eigenvalue weighted by atomic mass is 10.5. The first-order chi connectivity index (χ1) is 4.75. The molecule has 0 aliphatic heterocycles. The summed E-state index contributed by atoms with van der Waals surface area (Å²) < 4.78 is 1.25. The summed E-state index contributed by atoms with van der Waals surface area (Å²) in [7, 11) is 0. The van der Waals surface area contributed by atoms with Crippen LogP contribution in [0.15, 0.2) is 12.1 Å². The number of aromatic amines is 1. The topological polar surface area (TPSA) is 41.8 Å². The van der Waals surface area contributed by atoms with Crippen molar-refractivity contribution in [2.24, 2.45) is 0 Å². The molecule has 2 aromatic heterocycles. The van der Waals surface area contributed by atoms with Gasteiger partial charge in [0.15, 0.2) is 0 Å². The molecular weight excluding hydrogens is 144 g/mol. The van der Waals surface area contributed by atoms with E-state index in [1.54, 1.807) is 11.3 Å². The van der Waals surface area contributed by atoms with Crippen LogP contribution in [0.2, 0.25) is 0 Å². The van der Waals surface area contributed by atoms with E-state index in [0.29, 0.717) is 0 Å². The maximum atomic E-state index is 5.58. The number of nitrogens with two attached hydrogens (primary N) is 1. The third kappa shape index (κ3) is 0.708. The Balaban J connectivity index is 2.83. The summed E-state index contributed by atoms with van der Waals surface area (Å²) in [5.74, 6) is 0. The molecule has 10 heavy (non-hydrogen) atoms. The van der Waals surface area contributed by atoms with Crippen molar-refractivity contribution in [3.8, 4) is 0 Å². The molecule has 0 aliphatic carbocycles. The fraction of sp³-hybridized carbons (Fsp3) is 0.143. The maximum Gasteiger partial charge on any atom is 0.0884 e. The number of aryl methyl sites for hydroxylation is 1. The normalized spacial score (nSPS) is 10.9. The summed E-state index contributed by atoms with van der Waals surface area (Å²) in [5.41, 5.74) is 7.93. The maximum absolute atomic E-state index is 5.58. The minimum absolute atomic E-state index is 0.876. The van der Waals surface area contributed by atoms with E-state index in [4.69, 9.17) is 5.73 Å². The number of nitrogen functional groups attached to an aromatic ring is 1. The number of aromatic nitrogens is 1. The van der Waals surface area contributed by atoms with E-state index in [0.717, 1.165) is 10.5 Å². The number of anilines is 1. The van der Waals surface area contributed by atoms with Gasteiger partial charge in [0.1, 0.15) is 0 Å². The Labute approximate surface area is 62.7 Å². The molecule has 2 aromatic rings. The number of thiophene rings is 1. The van der Waals surface area contributed by atoms with E-state index in [-0.39, 0.29) is 0 Å². The Bertz CT molecular complexity index is 295. The molecule has 0 aliphatic rings. The number of nitrogens with one attached hydrogen (secondary N) is 1. The zero-order chi connectivity index (χ0) is 7.14. The first-order valence-corrected chi connectivity index (χ1v) is 3.92. The van der Waals surface area contributed by atoms with E-state index in [2.05, 4.69) is 11.1 Å². The van der Waals surface area contributed by atoms with Gasteiger partial charge in [-0.1, -0.05) is 0 Å². The molecule has 2 rings (SSSR count). The second kappa shape index (κ2) is 1.76. The molecular formula is C7H8N2S. The van der Waals surface area contributed by atoms with Crippen LogP contribution in [0.4, 0.5) is 5.00 Å². The Morgan fingerprint density at radius 1 is 1.50 bits per heavy atom. The van der Waals surface area contributed by atoms with Gasteiger partial charge >= 0.3 is 0 Å². The predicted molar refractivity (Wildman–Crippen MR) is 45.3 cm³/mol. The second-order valence-electron chi connectivity index (χ2n) is 2.38. The first kappa shape index (κ1) is 5.80. The van der Waals surface area contributed by atoms with Crippen molar-refractivity contribution in [1.82, 2.24) is 4.98 Å². The van der Waals surface area contributed by atoms with Crippen LogP contribution < -0.4 is 5.73 Å². The summed E-state index contributed by atoms with van der Waals surface area (Å²) in [6.07, 6.45) is 0. The summed E-state index contributed by atoms with van der Waals surface area (Å²) >= 11 is 1.62. The zero-order valence-electron chi connectivity index (χ0n) is 5.64. The van der Waals surface area contributed by atoms with Crippen molar-refractivity contribution in [2.75, 3.05) is 5.73 Å². The highest BCUT2D eigenvalue weighted by atomic mass is 32.1. The van der Waals surface area contributed by atoms with Gasteiger partial charge in [0.25, 0.3) is 0 Å². The van der Waals surface area contributed by atoms with E-state index in [1.165, 1.54) is 10.4 Å². The minimum Gasteiger partial charge on any atom is -0.391 e. The standard InChI is InChI=1S/C7H8N2S/c1-4-2-6-5(9-4)3-7(8)10-6/h2-3,9H,8H2,1H3. The van der Waals surface area contributed by atoms with Crippen molar-refractivity contribution in [1.29, 1.82) is 0 Å². The van der Waals surface area contributed by atoms with Crippen LogP contribution in [0.3, 0.4) is 0 Å². The van der Waals surface area contributed by atoms with Crippen molar-refractivity contribution >= 4 is 26.6 Å². The Kier molecular flexibility index (Phi) is 1.02. The van der Waals surface area contributed by atoms with Crippen LogP contribution in [-0.4, -0.2) is 4.98 Å². The van der Waals surface area contributed by atoms with Crippen LogP contribution in [0, 0.1) is 6.92 Å². The van der Waals surface area contributed by atoms with E-state index < -0.39 is 0 Å². The van der Waals surface area contributed by atoms with Crippen molar-refractivity contribution in [2.45, 2.75) is 6.92 Å². The fourth-order valence-electron chi connectivity index (χ4n) is 1.07. The van der Waals surface area contributed by atoms with Gasteiger partial charge in [-0.05, 0) is 19.1 Å². The molecule has 2 heterocycles. The molecule has 0 spiro atoms. The van der Waals surface area contributed by atoms with Crippen LogP contribution in [0.5, 0.6) is 0 Å². The fourth-order valence-corrected chi connectivity index (χ4v) is 1.96. The smallest absolute Gasteiger partial charge is 0.0884 e. The van der Waals surface area contributed by atoms with Crippen LogP contribution >= 0.6 is 11.3 Å². The van der Waals surface area contributed by atoms with Crippen molar-refractivity contribution < 1.29 is 0 Å². The summed E-state index contributed by atoms with van der Waals surface area (Å²) in [6.45, 7) is 2.04. The molecule has 3 N–H and O–H groups in total. The minimum atomic E-state index is 0.876. The van der Waals surface area contributed by atoms with E-state index in [1.807, 2.05) is 13.0 Å². The largest absolute Gasteiger partial charge is 0.391 e. The molecule has 0 amide bonds. The molecule has 2 nitrogen and oxygen atoms in total. The number of H-pyrrole nitrogens is 1. The third-order valence-corrected chi connectivity index (χ3v) is 2.37. The van der Waals surface area contributed by atoms with Gasteiger partial charge in [-0.25, -0.2) is 0 Å². The molecule has 3 heteroatoms. The monoisotopic (exact) mass is 152 g/mol. The Hall–Kier alpha value is -0.960. The third-order valence-electron chi connectivity index (χ3n) is 1.46. The number of rotatable bonds is 0. The predicted octanol–water partition coefficient (Wildman–Crippen LogP) is 2.12. The zero-order valence-corrected chi connectivity index (χ0v) is 6.46. The van der Waals surface area contributed by atoms with Gasteiger partial charge in [0, 0.05) is 5.69 Å². The molecule has 0 aromatic carbocycles. The SMILES string of the molecule is Cc1cc2sc(N)cc2[nH]1. The molecule has 0 unspecified atom stereocenters. The molecule has 0 saturated heterocycles. The van der Waals surface area contributed by atoms with Gasteiger partial charge in [-0.15, -0.1) is 11.3 Å². The Morgan fingerprint density at radius 3 is 3.00 bits per heavy atom. The van der Waals surface area contributed by atoms with E-state index in [9.17, 15) is 0 Å². The van der Waals surface area contributed by atoms with E-state index >= 15 is 0 Å². The summed E-state index contributed by atoms with van der Waals surface area (Å²) in [6, 6.07) is 4.07. The van der Waals surface area contributed by atoms with Gasteiger partial charge in [-0.3, -0.25) is 0 Å². The van der Waals surface area contributed by atoms with Crippen molar-refractivity contribution in [3.63, 3.8) is 0 Å². The van der Waals surface area contributed by atoms with Crippen molar-refractivity contribution in [3.05, 3.63) is 17.8 Å². The molecule has 52 valence electrons. The highest BCUT2D eigenvalue weighted by molar-refractivity contribution is 7.22. The number of fused-ring (bicyclic) bond motifs is 1. The Morgan fingerprint density at radius 2 is 2.30 bits per heavy atom. The lowest BCUT2D eigenvalue weighted by Crippen LogP contribution is -1.74. The average molecular weight is 152 g/mol. The molecule has 0 fully saturated rings.